The number of alkyl halides is 1. The van der Waals surface area contributed by atoms with E-state index in [0.29, 0.717) is 11.4 Å². The van der Waals surface area contributed by atoms with Crippen molar-refractivity contribution in [3.63, 3.8) is 0 Å². The Hall–Kier alpha value is -0.0500. The molecule has 2 atom stereocenters. The molecule has 76 valence electrons. The number of carbonyl (C=O) groups is 1. The molecular formula is C10H18BrNO. The molecule has 1 fully saturated rings. The molecule has 2 unspecified atom stereocenters. The van der Waals surface area contributed by atoms with Gasteiger partial charge in [0, 0.05) is 6.04 Å². The van der Waals surface area contributed by atoms with Gasteiger partial charge in [-0.05, 0) is 31.1 Å². The van der Waals surface area contributed by atoms with Crippen LogP contribution in [-0.2, 0) is 4.79 Å². The lowest BCUT2D eigenvalue weighted by atomic mass is 9.80. The lowest BCUT2D eigenvalue weighted by Gasteiger charge is -2.31. The van der Waals surface area contributed by atoms with Crippen LogP contribution in [0, 0.1) is 11.8 Å². The first kappa shape index (κ1) is 11.0. The molecule has 1 aliphatic rings. The second-order valence-corrected chi connectivity index (χ2v) is 4.88. The van der Waals surface area contributed by atoms with Gasteiger partial charge in [0.05, 0.1) is 5.33 Å². The van der Waals surface area contributed by atoms with Crippen molar-refractivity contribution in [2.75, 3.05) is 5.33 Å². The van der Waals surface area contributed by atoms with Crippen LogP contribution in [0.5, 0.6) is 0 Å². The molecule has 0 aromatic rings. The Bertz CT molecular complexity index is 174. The first-order valence-electron chi connectivity index (χ1n) is 4.97. The van der Waals surface area contributed by atoms with Gasteiger partial charge >= 0.3 is 0 Å². The molecule has 1 aliphatic carbocycles. The molecule has 2 nitrogen and oxygen atoms in total. The molecule has 0 bridgehead atoms. The summed E-state index contributed by atoms with van der Waals surface area (Å²) in [4.78, 5) is 11.1. The van der Waals surface area contributed by atoms with Crippen LogP contribution in [0.25, 0.3) is 0 Å². The molecule has 0 aliphatic heterocycles. The Morgan fingerprint density at radius 1 is 1.31 bits per heavy atom. The van der Waals surface area contributed by atoms with Gasteiger partial charge in [-0.2, -0.15) is 0 Å². The molecule has 0 aromatic carbocycles. The molecule has 1 N–H and O–H groups in total. The highest BCUT2D eigenvalue weighted by Crippen LogP contribution is 2.28. The molecule has 0 spiro atoms. The third-order valence-electron chi connectivity index (χ3n) is 2.66. The van der Waals surface area contributed by atoms with Crippen molar-refractivity contribution in [3.05, 3.63) is 0 Å². The van der Waals surface area contributed by atoms with E-state index >= 15 is 0 Å². The van der Waals surface area contributed by atoms with Crippen molar-refractivity contribution in [2.45, 2.75) is 39.2 Å². The average molecular weight is 248 g/mol. The number of amides is 1. The van der Waals surface area contributed by atoms with Gasteiger partial charge in [0.15, 0.2) is 0 Å². The van der Waals surface area contributed by atoms with E-state index in [4.69, 9.17) is 0 Å². The normalized spacial score (nSPS) is 34.2. The lowest BCUT2D eigenvalue weighted by Crippen LogP contribution is -2.40. The van der Waals surface area contributed by atoms with Gasteiger partial charge in [0.2, 0.25) is 5.91 Å². The van der Waals surface area contributed by atoms with Crippen LogP contribution in [-0.4, -0.2) is 17.3 Å². The second kappa shape index (κ2) is 4.99. The Labute approximate surface area is 88.6 Å². The minimum absolute atomic E-state index is 0.117. The Morgan fingerprint density at radius 3 is 2.31 bits per heavy atom. The highest BCUT2D eigenvalue weighted by atomic mass is 79.9. The Kier molecular flexibility index (Phi) is 4.23. The molecule has 1 amide bonds. The zero-order valence-electron chi connectivity index (χ0n) is 8.35. The standard InChI is InChI=1S/C10H18BrNO/c1-7-3-8(2)5-9(4-7)12-10(13)6-11/h7-9H,3-6H2,1-2H3,(H,12,13). The number of halogens is 1. The molecule has 0 radical (unpaired) electrons. The summed E-state index contributed by atoms with van der Waals surface area (Å²) in [6.45, 7) is 4.53. The molecule has 0 aromatic heterocycles. The van der Waals surface area contributed by atoms with Gasteiger partial charge in [-0.25, -0.2) is 0 Å². The maximum atomic E-state index is 11.1. The summed E-state index contributed by atoms with van der Waals surface area (Å²) in [6.07, 6.45) is 3.59. The number of hydrogen-bond acceptors (Lipinski definition) is 1. The minimum Gasteiger partial charge on any atom is -0.353 e. The number of carbonyl (C=O) groups excluding carboxylic acids is 1. The first-order chi connectivity index (χ1) is 6.11. The molecule has 13 heavy (non-hydrogen) atoms. The maximum Gasteiger partial charge on any atom is 0.230 e. The number of rotatable bonds is 2. The fourth-order valence-electron chi connectivity index (χ4n) is 2.33. The summed E-state index contributed by atoms with van der Waals surface area (Å²) in [7, 11) is 0. The summed E-state index contributed by atoms with van der Waals surface area (Å²) in [5.41, 5.74) is 0. The predicted octanol–water partition coefficient (Wildman–Crippen LogP) is 2.32. The molecule has 3 heteroatoms. The van der Waals surface area contributed by atoms with Crippen LogP contribution >= 0.6 is 15.9 Å². The molecule has 0 saturated heterocycles. The van der Waals surface area contributed by atoms with Crippen molar-refractivity contribution >= 4 is 21.8 Å². The zero-order valence-corrected chi connectivity index (χ0v) is 9.93. The van der Waals surface area contributed by atoms with Gasteiger partial charge in [-0.15, -0.1) is 0 Å². The van der Waals surface area contributed by atoms with E-state index in [1.807, 2.05) is 0 Å². The van der Waals surface area contributed by atoms with Gasteiger partial charge in [0.1, 0.15) is 0 Å². The van der Waals surface area contributed by atoms with Crippen LogP contribution < -0.4 is 5.32 Å². The average Bonchev–Trinajstić information content (AvgIpc) is 2.02. The zero-order chi connectivity index (χ0) is 9.84. The first-order valence-corrected chi connectivity index (χ1v) is 6.09. The van der Waals surface area contributed by atoms with Crippen molar-refractivity contribution in [1.29, 1.82) is 0 Å². The third kappa shape index (κ3) is 3.67. The van der Waals surface area contributed by atoms with E-state index in [9.17, 15) is 4.79 Å². The van der Waals surface area contributed by atoms with E-state index in [1.54, 1.807) is 0 Å². The van der Waals surface area contributed by atoms with E-state index in [1.165, 1.54) is 6.42 Å². The molecular weight excluding hydrogens is 230 g/mol. The van der Waals surface area contributed by atoms with Crippen molar-refractivity contribution in [1.82, 2.24) is 5.32 Å². The lowest BCUT2D eigenvalue weighted by molar-refractivity contribution is -0.119. The largest absolute Gasteiger partial charge is 0.353 e. The fraction of sp³-hybridized carbons (Fsp3) is 0.900. The maximum absolute atomic E-state index is 11.1. The molecule has 0 heterocycles. The fourth-order valence-corrected chi connectivity index (χ4v) is 2.49. The van der Waals surface area contributed by atoms with Crippen LogP contribution in [0.2, 0.25) is 0 Å². The van der Waals surface area contributed by atoms with Crippen LogP contribution in [0.4, 0.5) is 0 Å². The van der Waals surface area contributed by atoms with Gasteiger partial charge in [-0.1, -0.05) is 29.8 Å². The Morgan fingerprint density at radius 2 is 1.85 bits per heavy atom. The smallest absolute Gasteiger partial charge is 0.230 e. The van der Waals surface area contributed by atoms with Crippen molar-refractivity contribution in [2.24, 2.45) is 11.8 Å². The monoisotopic (exact) mass is 247 g/mol. The van der Waals surface area contributed by atoms with Crippen molar-refractivity contribution in [3.8, 4) is 0 Å². The van der Waals surface area contributed by atoms with E-state index in [-0.39, 0.29) is 5.91 Å². The quantitative estimate of drug-likeness (QED) is 0.746. The second-order valence-electron chi connectivity index (χ2n) is 4.32. The van der Waals surface area contributed by atoms with Crippen LogP contribution in [0.1, 0.15) is 33.1 Å². The number of nitrogens with one attached hydrogen (secondary N) is 1. The van der Waals surface area contributed by atoms with E-state index < -0.39 is 0 Å². The summed E-state index contributed by atoms with van der Waals surface area (Å²) >= 11 is 3.16. The summed E-state index contributed by atoms with van der Waals surface area (Å²) in [6, 6.07) is 0.406. The minimum atomic E-state index is 0.117. The summed E-state index contributed by atoms with van der Waals surface area (Å²) < 4.78 is 0. The summed E-state index contributed by atoms with van der Waals surface area (Å²) in [5, 5.41) is 3.47. The van der Waals surface area contributed by atoms with Gasteiger partial charge in [-0.3, -0.25) is 4.79 Å². The number of hydrogen-bond donors (Lipinski definition) is 1. The van der Waals surface area contributed by atoms with Crippen LogP contribution in [0.3, 0.4) is 0 Å². The highest BCUT2D eigenvalue weighted by Gasteiger charge is 2.24. The summed E-state index contributed by atoms with van der Waals surface area (Å²) in [5.74, 6) is 1.63. The van der Waals surface area contributed by atoms with Gasteiger partial charge in [0.25, 0.3) is 0 Å². The Balaban J connectivity index is 2.37. The SMILES string of the molecule is CC1CC(C)CC(NC(=O)CBr)C1. The highest BCUT2D eigenvalue weighted by molar-refractivity contribution is 9.09. The predicted molar refractivity (Wildman–Crippen MR) is 57.9 cm³/mol. The van der Waals surface area contributed by atoms with Crippen molar-refractivity contribution < 1.29 is 4.79 Å². The van der Waals surface area contributed by atoms with E-state index in [0.717, 1.165) is 24.7 Å². The topological polar surface area (TPSA) is 29.1 Å². The van der Waals surface area contributed by atoms with Gasteiger partial charge < -0.3 is 5.32 Å². The molecule has 1 rings (SSSR count). The van der Waals surface area contributed by atoms with Crippen LogP contribution in [0.15, 0.2) is 0 Å². The molecule has 1 saturated carbocycles. The van der Waals surface area contributed by atoms with E-state index in [2.05, 4.69) is 35.1 Å². The third-order valence-corrected chi connectivity index (χ3v) is 3.17.